The highest BCUT2D eigenvalue weighted by Crippen LogP contribution is 2.50. The molecule has 1 aliphatic carbocycles. The van der Waals surface area contributed by atoms with Crippen LogP contribution in [0.25, 0.3) is 0 Å². The second-order valence-electron chi connectivity index (χ2n) is 3.26. The zero-order valence-corrected chi connectivity index (χ0v) is 6.78. The van der Waals surface area contributed by atoms with E-state index >= 15 is 0 Å². The van der Waals surface area contributed by atoms with Gasteiger partial charge in [-0.3, -0.25) is 0 Å². The summed E-state index contributed by atoms with van der Waals surface area (Å²) in [6.45, 7) is 6.17. The molecule has 1 aliphatic rings. The van der Waals surface area contributed by atoms with Crippen LogP contribution in [0.15, 0.2) is 16.9 Å². The van der Waals surface area contributed by atoms with E-state index in [1.807, 2.05) is 13.8 Å². The average molecular weight is 132 g/mol. The Morgan fingerprint density at radius 3 is 2.50 bits per heavy atom. The van der Waals surface area contributed by atoms with Gasteiger partial charge in [-0.25, -0.2) is 0 Å². The van der Waals surface area contributed by atoms with Crippen LogP contribution in [-0.4, -0.2) is 0 Å². The Balaban J connectivity index is 2.91. The third-order valence-electron chi connectivity index (χ3n) is 1.79. The van der Waals surface area contributed by atoms with Crippen LogP contribution in [-0.2, 0) is 0 Å². The molecule has 0 radical (unpaired) electrons. The average Bonchev–Trinajstić information content (AvgIpc) is 2.43. The lowest BCUT2D eigenvalue weighted by molar-refractivity contribution is 0.821. The minimum Gasteiger partial charge on any atom is -0.122 e. The Hall–Kier alpha value is -0.920. The fraction of sp³-hybridized carbons (Fsp3) is 0.500. The molecule has 0 spiro atoms. The first kappa shape index (κ1) is 7.19. The van der Waals surface area contributed by atoms with Crippen LogP contribution in [0.1, 0.15) is 27.2 Å². The van der Waals surface area contributed by atoms with Crippen LogP contribution in [0, 0.1) is 17.8 Å². The smallest absolute Gasteiger partial charge is 0.0610 e. The first-order valence-corrected chi connectivity index (χ1v) is 3.50. The van der Waals surface area contributed by atoms with E-state index in [9.17, 15) is 0 Å². The van der Waals surface area contributed by atoms with Gasteiger partial charge in [0.1, 0.15) is 0 Å². The first-order valence-electron chi connectivity index (χ1n) is 3.50. The van der Waals surface area contributed by atoms with E-state index < -0.39 is 0 Å². The highest BCUT2D eigenvalue weighted by Gasteiger charge is 2.42. The molecule has 0 N–H and O–H groups in total. The third kappa shape index (κ3) is 1.15. The molecule has 52 valence electrons. The minimum absolute atomic E-state index is 0.0528. The van der Waals surface area contributed by atoms with Crippen molar-refractivity contribution in [2.45, 2.75) is 27.2 Å². The van der Waals surface area contributed by atoms with Crippen LogP contribution >= 0.6 is 0 Å². The van der Waals surface area contributed by atoms with Gasteiger partial charge in [-0.05, 0) is 38.3 Å². The van der Waals surface area contributed by atoms with Crippen molar-refractivity contribution in [2.75, 3.05) is 0 Å². The summed E-state index contributed by atoms with van der Waals surface area (Å²) >= 11 is 0. The Bertz CT molecular complexity index is 252. The number of hydrogen-bond donors (Lipinski definition) is 0. The summed E-state index contributed by atoms with van der Waals surface area (Å²) in [4.78, 5) is 0. The second-order valence-corrected chi connectivity index (χ2v) is 3.26. The molecule has 0 nitrogen and oxygen atoms in total. The Kier molecular flexibility index (Phi) is 1.47. The molecule has 0 aromatic heterocycles. The minimum atomic E-state index is 0.0528. The molecule has 1 saturated carbocycles. The van der Waals surface area contributed by atoms with Crippen molar-refractivity contribution in [3.8, 4) is 12.3 Å². The van der Waals surface area contributed by atoms with Crippen molar-refractivity contribution in [1.82, 2.24) is 0 Å². The van der Waals surface area contributed by atoms with Crippen LogP contribution in [0.4, 0.5) is 0 Å². The molecule has 1 unspecified atom stereocenters. The molecule has 1 atom stereocenters. The molecule has 0 aromatic carbocycles. The zero-order valence-electron chi connectivity index (χ0n) is 6.78. The summed E-state index contributed by atoms with van der Waals surface area (Å²) < 4.78 is 0. The molecule has 0 saturated heterocycles. The van der Waals surface area contributed by atoms with Crippen molar-refractivity contribution < 1.29 is 0 Å². The fourth-order valence-electron chi connectivity index (χ4n) is 0.931. The lowest BCUT2D eigenvalue weighted by atomic mass is 10.1. The van der Waals surface area contributed by atoms with Gasteiger partial charge in [-0.2, -0.15) is 0 Å². The Morgan fingerprint density at radius 2 is 2.20 bits per heavy atom. The van der Waals surface area contributed by atoms with E-state index in [-0.39, 0.29) is 5.41 Å². The van der Waals surface area contributed by atoms with E-state index in [0.717, 1.165) is 6.42 Å². The molecule has 0 aliphatic heterocycles. The monoisotopic (exact) mass is 132 g/mol. The molecule has 0 aromatic rings. The second kappa shape index (κ2) is 2.04. The maximum absolute atomic E-state index is 5.31. The topological polar surface area (TPSA) is 0 Å². The van der Waals surface area contributed by atoms with Gasteiger partial charge in [0.25, 0.3) is 0 Å². The number of rotatable bonds is 0. The molecular formula is C10H12. The molecule has 0 heteroatoms. The summed E-state index contributed by atoms with van der Waals surface area (Å²) in [5.74, 6) is 2.76. The van der Waals surface area contributed by atoms with Crippen molar-refractivity contribution in [1.29, 1.82) is 0 Å². The number of hydrogen-bond acceptors (Lipinski definition) is 0. The fourth-order valence-corrected chi connectivity index (χ4v) is 0.931. The van der Waals surface area contributed by atoms with E-state index in [2.05, 4.69) is 18.6 Å². The lowest BCUT2D eigenvalue weighted by Gasteiger charge is -1.88. The maximum Gasteiger partial charge on any atom is 0.0610 e. The summed E-state index contributed by atoms with van der Waals surface area (Å²) in [5, 5.41) is 0. The predicted molar refractivity (Wildman–Crippen MR) is 43.4 cm³/mol. The molecule has 1 rings (SSSR count). The van der Waals surface area contributed by atoms with Crippen molar-refractivity contribution in [3.63, 3.8) is 0 Å². The molecule has 1 fully saturated rings. The standard InChI is InChI=1S/C10H12/c1-5-10(4)7-9(10)6-8(2)3/h1H,7H2,2-4H3. The number of terminal acetylenes is 1. The van der Waals surface area contributed by atoms with E-state index in [0.29, 0.717) is 0 Å². The van der Waals surface area contributed by atoms with Gasteiger partial charge in [-0.15, -0.1) is 12.2 Å². The van der Waals surface area contributed by atoms with Gasteiger partial charge < -0.3 is 0 Å². The van der Waals surface area contributed by atoms with E-state index in [1.165, 1.54) is 11.1 Å². The van der Waals surface area contributed by atoms with Crippen LogP contribution < -0.4 is 0 Å². The molecule has 0 bridgehead atoms. The lowest BCUT2D eigenvalue weighted by Crippen LogP contribution is -1.83. The Morgan fingerprint density at radius 1 is 1.60 bits per heavy atom. The Labute approximate surface area is 62.6 Å². The quantitative estimate of drug-likeness (QED) is 0.351. The van der Waals surface area contributed by atoms with Gasteiger partial charge in [0, 0.05) is 0 Å². The maximum atomic E-state index is 5.31. The van der Waals surface area contributed by atoms with Gasteiger partial charge in [-0.1, -0.05) is 5.92 Å². The summed E-state index contributed by atoms with van der Waals surface area (Å²) in [6.07, 6.45) is 6.35. The molecule has 0 heterocycles. The van der Waals surface area contributed by atoms with Crippen molar-refractivity contribution >= 4 is 0 Å². The summed E-state index contributed by atoms with van der Waals surface area (Å²) in [6, 6.07) is 0. The highest BCUT2D eigenvalue weighted by atomic mass is 14.4. The van der Waals surface area contributed by atoms with Gasteiger partial charge in [0.2, 0.25) is 0 Å². The normalized spacial score (nSPS) is 28.8. The predicted octanol–water partition coefficient (Wildman–Crippen LogP) is 2.52. The molecule has 0 amide bonds. The number of allylic oxidation sites excluding steroid dienone is 1. The summed E-state index contributed by atoms with van der Waals surface area (Å²) in [5.41, 5.74) is 5.81. The van der Waals surface area contributed by atoms with Crippen LogP contribution in [0.3, 0.4) is 0 Å². The van der Waals surface area contributed by atoms with Gasteiger partial charge >= 0.3 is 0 Å². The zero-order chi connectivity index (χ0) is 7.78. The van der Waals surface area contributed by atoms with Crippen LogP contribution in [0.2, 0.25) is 0 Å². The van der Waals surface area contributed by atoms with E-state index in [4.69, 9.17) is 6.42 Å². The summed E-state index contributed by atoms with van der Waals surface area (Å²) in [7, 11) is 0. The first-order chi connectivity index (χ1) is 4.58. The molecule has 10 heavy (non-hydrogen) atoms. The molecular weight excluding hydrogens is 120 g/mol. The highest BCUT2D eigenvalue weighted by molar-refractivity contribution is 5.40. The SMILES string of the molecule is C#CC1(C)CC1=C=C(C)C. The van der Waals surface area contributed by atoms with Crippen molar-refractivity contribution in [2.24, 2.45) is 5.41 Å². The van der Waals surface area contributed by atoms with E-state index in [1.54, 1.807) is 0 Å². The van der Waals surface area contributed by atoms with Crippen LogP contribution in [0.5, 0.6) is 0 Å². The largest absolute Gasteiger partial charge is 0.122 e. The van der Waals surface area contributed by atoms with Crippen molar-refractivity contribution in [3.05, 3.63) is 16.9 Å². The van der Waals surface area contributed by atoms with Gasteiger partial charge in [0.05, 0.1) is 5.41 Å². The third-order valence-corrected chi connectivity index (χ3v) is 1.79. The van der Waals surface area contributed by atoms with Gasteiger partial charge in [0.15, 0.2) is 0 Å².